The van der Waals surface area contributed by atoms with Gasteiger partial charge in [0.05, 0.1) is 18.8 Å². The lowest BCUT2D eigenvalue weighted by Crippen LogP contribution is -2.22. The van der Waals surface area contributed by atoms with Crippen LogP contribution in [0, 0.1) is 6.92 Å². The van der Waals surface area contributed by atoms with Crippen molar-refractivity contribution in [3.63, 3.8) is 0 Å². The highest BCUT2D eigenvalue weighted by atomic mass is 127. The summed E-state index contributed by atoms with van der Waals surface area (Å²) >= 11 is 0. The maximum atomic E-state index is 5.96. The van der Waals surface area contributed by atoms with Crippen LogP contribution in [0.5, 0.6) is 0 Å². The van der Waals surface area contributed by atoms with E-state index < -0.39 is 0 Å². The van der Waals surface area contributed by atoms with Crippen molar-refractivity contribution >= 4 is 35.6 Å². The molecular formula is C20H28IN3O. The summed E-state index contributed by atoms with van der Waals surface area (Å²) in [7, 11) is 0. The fourth-order valence-electron chi connectivity index (χ4n) is 2.12. The number of nitrogens with two attached hydrogens (primary N) is 1. The minimum atomic E-state index is -0.142. The average Bonchev–Trinajstić information content (AvgIpc) is 2.53. The molecule has 3 N–H and O–H groups in total. The Morgan fingerprint density at radius 1 is 1.08 bits per heavy atom. The SMILES string of the molecule is Cc1ccc(NC(N)=NCc2cccc(COC(C)(C)C)c2)cc1.I. The molecule has 0 aliphatic carbocycles. The van der Waals surface area contributed by atoms with Gasteiger partial charge < -0.3 is 15.8 Å². The van der Waals surface area contributed by atoms with Crippen molar-refractivity contribution in [2.75, 3.05) is 5.32 Å². The molecule has 0 spiro atoms. The van der Waals surface area contributed by atoms with Crippen LogP contribution >= 0.6 is 24.0 Å². The molecule has 2 aromatic rings. The average molecular weight is 453 g/mol. The van der Waals surface area contributed by atoms with Gasteiger partial charge >= 0.3 is 0 Å². The molecule has 0 saturated heterocycles. The van der Waals surface area contributed by atoms with Crippen molar-refractivity contribution in [3.8, 4) is 0 Å². The summed E-state index contributed by atoms with van der Waals surface area (Å²) in [4.78, 5) is 4.40. The first-order valence-corrected chi connectivity index (χ1v) is 8.17. The molecule has 0 bridgehead atoms. The Bertz CT molecular complexity index is 691. The van der Waals surface area contributed by atoms with Gasteiger partial charge in [0.15, 0.2) is 5.96 Å². The van der Waals surface area contributed by atoms with Gasteiger partial charge in [-0.2, -0.15) is 0 Å². The van der Waals surface area contributed by atoms with Crippen LogP contribution in [0.25, 0.3) is 0 Å². The topological polar surface area (TPSA) is 59.6 Å². The van der Waals surface area contributed by atoms with Crippen LogP contribution in [-0.4, -0.2) is 11.6 Å². The van der Waals surface area contributed by atoms with Crippen molar-refractivity contribution in [2.45, 2.75) is 46.4 Å². The highest BCUT2D eigenvalue weighted by Gasteiger charge is 2.10. The number of benzene rings is 2. The van der Waals surface area contributed by atoms with Crippen LogP contribution in [0.3, 0.4) is 0 Å². The molecule has 0 heterocycles. The Morgan fingerprint density at radius 2 is 1.72 bits per heavy atom. The number of rotatable bonds is 5. The number of ether oxygens (including phenoxy) is 1. The monoisotopic (exact) mass is 453 g/mol. The van der Waals surface area contributed by atoms with Crippen molar-refractivity contribution in [2.24, 2.45) is 10.7 Å². The third-order valence-corrected chi connectivity index (χ3v) is 3.42. The van der Waals surface area contributed by atoms with Crippen LogP contribution in [-0.2, 0) is 17.9 Å². The van der Waals surface area contributed by atoms with E-state index in [1.807, 2.05) is 36.4 Å². The van der Waals surface area contributed by atoms with E-state index in [-0.39, 0.29) is 29.6 Å². The lowest BCUT2D eigenvalue weighted by Gasteiger charge is -2.19. The first-order valence-electron chi connectivity index (χ1n) is 8.17. The number of hydrogen-bond acceptors (Lipinski definition) is 2. The quantitative estimate of drug-likeness (QED) is 0.387. The first kappa shape index (κ1) is 21.4. The molecule has 136 valence electrons. The number of guanidine groups is 1. The summed E-state index contributed by atoms with van der Waals surface area (Å²) in [6, 6.07) is 16.3. The molecule has 2 rings (SSSR count). The van der Waals surface area contributed by atoms with E-state index in [1.165, 1.54) is 5.56 Å². The smallest absolute Gasteiger partial charge is 0.193 e. The lowest BCUT2D eigenvalue weighted by molar-refractivity contribution is -0.0149. The molecule has 0 unspecified atom stereocenters. The number of aliphatic imine (C=N–C) groups is 1. The van der Waals surface area contributed by atoms with Gasteiger partial charge in [0.1, 0.15) is 0 Å². The summed E-state index contributed by atoms with van der Waals surface area (Å²) in [6.07, 6.45) is 0. The van der Waals surface area contributed by atoms with E-state index in [0.29, 0.717) is 19.1 Å². The van der Waals surface area contributed by atoms with Gasteiger partial charge in [-0.1, -0.05) is 42.0 Å². The molecule has 25 heavy (non-hydrogen) atoms. The third kappa shape index (κ3) is 8.36. The number of nitrogens with one attached hydrogen (secondary N) is 1. The summed E-state index contributed by atoms with van der Waals surface area (Å²) in [5.41, 5.74) is 10.2. The standard InChI is InChI=1S/C20H27N3O.HI/c1-15-8-10-18(11-9-15)23-19(21)22-13-16-6-5-7-17(12-16)14-24-20(2,3)4;/h5-12H,13-14H2,1-4H3,(H3,21,22,23);1H. The van der Waals surface area contributed by atoms with E-state index in [0.717, 1.165) is 16.8 Å². The number of nitrogens with zero attached hydrogens (tertiary/aromatic N) is 1. The maximum absolute atomic E-state index is 5.96. The summed E-state index contributed by atoms with van der Waals surface area (Å²) in [5, 5.41) is 3.10. The molecule has 5 heteroatoms. The Hall–Kier alpha value is -1.60. The van der Waals surface area contributed by atoms with Crippen molar-refractivity contribution in [1.82, 2.24) is 0 Å². The zero-order valence-corrected chi connectivity index (χ0v) is 17.7. The van der Waals surface area contributed by atoms with Crippen LogP contribution in [0.2, 0.25) is 0 Å². The van der Waals surface area contributed by atoms with E-state index in [9.17, 15) is 0 Å². The minimum absolute atomic E-state index is 0. The van der Waals surface area contributed by atoms with Crippen molar-refractivity contribution in [3.05, 3.63) is 65.2 Å². The summed E-state index contributed by atoms with van der Waals surface area (Å²) in [5.74, 6) is 0.412. The number of aryl methyl sites for hydroxylation is 1. The molecule has 4 nitrogen and oxygen atoms in total. The highest BCUT2D eigenvalue weighted by molar-refractivity contribution is 14.0. The Labute approximate surface area is 167 Å². The molecule has 0 aliphatic rings. The van der Waals surface area contributed by atoms with Crippen molar-refractivity contribution in [1.29, 1.82) is 0 Å². The zero-order chi connectivity index (χ0) is 17.6. The normalized spacial score (nSPS) is 11.8. The molecule has 0 aromatic heterocycles. The van der Waals surface area contributed by atoms with Gasteiger partial charge in [-0.3, -0.25) is 0 Å². The number of halogens is 1. The molecule has 0 saturated carbocycles. The predicted octanol–water partition coefficient (Wildman–Crippen LogP) is 4.85. The summed E-state index contributed by atoms with van der Waals surface area (Å²) in [6.45, 7) is 9.35. The second-order valence-electron chi connectivity index (χ2n) is 6.91. The Kier molecular flexibility index (Phi) is 8.38. The first-order chi connectivity index (χ1) is 11.3. The largest absolute Gasteiger partial charge is 0.371 e. The van der Waals surface area contributed by atoms with Gasteiger partial charge in [0.2, 0.25) is 0 Å². The van der Waals surface area contributed by atoms with Crippen LogP contribution in [0.15, 0.2) is 53.5 Å². The number of anilines is 1. The van der Waals surface area contributed by atoms with Gasteiger partial charge in [-0.05, 0) is 51.0 Å². The zero-order valence-electron chi connectivity index (χ0n) is 15.4. The molecular weight excluding hydrogens is 425 g/mol. The van der Waals surface area contributed by atoms with Crippen molar-refractivity contribution < 1.29 is 4.74 Å². The van der Waals surface area contributed by atoms with Gasteiger partial charge in [-0.25, -0.2) is 4.99 Å². The predicted molar refractivity (Wildman–Crippen MR) is 117 cm³/mol. The maximum Gasteiger partial charge on any atom is 0.193 e. The van der Waals surface area contributed by atoms with Crippen LogP contribution < -0.4 is 11.1 Å². The second kappa shape index (κ2) is 9.77. The second-order valence-corrected chi connectivity index (χ2v) is 6.91. The highest BCUT2D eigenvalue weighted by Crippen LogP contribution is 2.14. The molecule has 0 radical (unpaired) electrons. The fourth-order valence-corrected chi connectivity index (χ4v) is 2.12. The van der Waals surface area contributed by atoms with E-state index >= 15 is 0 Å². The molecule has 0 amide bonds. The molecule has 2 aromatic carbocycles. The molecule has 0 atom stereocenters. The fraction of sp³-hybridized carbons (Fsp3) is 0.350. The molecule has 0 fully saturated rings. The van der Waals surface area contributed by atoms with Crippen LogP contribution in [0.4, 0.5) is 5.69 Å². The van der Waals surface area contributed by atoms with E-state index in [1.54, 1.807) is 0 Å². The minimum Gasteiger partial charge on any atom is -0.371 e. The lowest BCUT2D eigenvalue weighted by atomic mass is 10.1. The Balaban J connectivity index is 0.00000312. The van der Waals surface area contributed by atoms with Gasteiger partial charge in [0, 0.05) is 5.69 Å². The summed E-state index contributed by atoms with van der Waals surface area (Å²) < 4.78 is 5.81. The third-order valence-electron chi connectivity index (χ3n) is 3.42. The Morgan fingerprint density at radius 3 is 2.36 bits per heavy atom. The van der Waals surface area contributed by atoms with Gasteiger partial charge in [-0.15, -0.1) is 24.0 Å². The van der Waals surface area contributed by atoms with Gasteiger partial charge in [0.25, 0.3) is 0 Å². The van der Waals surface area contributed by atoms with Crippen LogP contribution in [0.1, 0.15) is 37.5 Å². The molecule has 0 aliphatic heterocycles. The van der Waals surface area contributed by atoms with E-state index in [4.69, 9.17) is 10.5 Å². The van der Waals surface area contributed by atoms with E-state index in [2.05, 4.69) is 50.1 Å². The number of hydrogen-bond donors (Lipinski definition) is 2.